The lowest BCUT2D eigenvalue weighted by atomic mass is 10.0. The molecule has 1 aromatic heterocycles. The van der Waals surface area contributed by atoms with Crippen molar-refractivity contribution in [2.75, 3.05) is 11.4 Å². The molecule has 2 aromatic rings. The Hall–Kier alpha value is -2.21. The van der Waals surface area contributed by atoms with Crippen molar-refractivity contribution in [1.82, 2.24) is 15.1 Å². The van der Waals surface area contributed by atoms with Gasteiger partial charge in [-0.1, -0.05) is 6.07 Å². The Bertz CT molecular complexity index is 712. The van der Waals surface area contributed by atoms with Gasteiger partial charge in [-0.2, -0.15) is 5.10 Å². The van der Waals surface area contributed by atoms with Gasteiger partial charge in [-0.05, 0) is 38.0 Å². The van der Waals surface area contributed by atoms with E-state index >= 15 is 0 Å². The largest absolute Gasteiger partial charge is 0.311 e. The second kappa shape index (κ2) is 6.50. The van der Waals surface area contributed by atoms with Gasteiger partial charge in [0.25, 0.3) is 0 Å². The summed E-state index contributed by atoms with van der Waals surface area (Å²) >= 11 is 0. The van der Waals surface area contributed by atoms with Crippen molar-refractivity contribution < 1.29 is 9.18 Å². The molecule has 1 aliphatic rings. The standard InChI is InChI=1S/C17H21FN4O/c1-12-13(11-20-21(12)2)10-19-16-7-4-8-22(17(16)23)15-6-3-5-14(18)9-15/h3,5-6,9,11,16,19H,4,7-8,10H2,1-2H3/t16-/m1/s1. The second-order valence-electron chi connectivity index (χ2n) is 5.92. The molecule has 0 bridgehead atoms. The number of anilines is 1. The molecule has 122 valence electrons. The van der Waals surface area contributed by atoms with Crippen LogP contribution >= 0.6 is 0 Å². The summed E-state index contributed by atoms with van der Waals surface area (Å²) in [6.45, 7) is 3.24. The lowest BCUT2D eigenvalue weighted by molar-refractivity contribution is -0.121. The average Bonchev–Trinajstić information content (AvgIpc) is 2.86. The molecule has 0 spiro atoms. The highest BCUT2D eigenvalue weighted by atomic mass is 19.1. The zero-order valence-corrected chi connectivity index (χ0v) is 13.4. The Balaban J connectivity index is 1.69. The Labute approximate surface area is 135 Å². The molecule has 0 radical (unpaired) electrons. The Morgan fingerprint density at radius 1 is 1.43 bits per heavy atom. The molecule has 1 amide bonds. The molecule has 1 fully saturated rings. The summed E-state index contributed by atoms with van der Waals surface area (Å²) < 4.78 is 15.2. The number of hydrogen-bond acceptors (Lipinski definition) is 3. The highest BCUT2D eigenvalue weighted by Gasteiger charge is 2.29. The van der Waals surface area contributed by atoms with Gasteiger partial charge in [0.2, 0.25) is 5.91 Å². The monoisotopic (exact) mass is 316 g/mol. The van der Waals surface area contributed by atoms with Gasteiger partial charge < -0.3 is 10.2 Å². The van der Waals surface area contributed by atoms with E-state index in [2.05, 4.69) is 10.4 Å². The van der Waals surface area contributed by atoms with Crippen LogP contribution in [-0.2, 0) is 18.4 Å². The van der Waals surface area contributed by atoms with E-state index in [0.717, 1.165) is 24.1 Å². The molecule has 1 aromatic carbocycles. The number of hydrogen-bond donors (Lipinski definition) is 1. The molecule has 0 aliphatic carbocycles. The van der Waals surface area contributed by atoms with Crippen LogP contribution in [0.1, 0.15) is 24.1 Å². The molecular weight excluding hydrogens is 295 g/mol. The number of piperidine rings is 1. The van der Waals surface area contributed by atoms with E-state index < -0.39 is 0 Å². The molecule has 23 heavy (non-hydrogen) atoms. The minimum Gasteiger partial charge on any atom is -0.311 e. The van der Waals surface area contributed by atoms with Gasteiger partial charge in [-0.25, -0.2) is 4.39 Å². The summed E-state index contributed by atoms with van der Waals surface area (Å²) in [5, 5.41) is 7.53. The summed E-state index contributed by atoms with van der Waals surface area (Å²) in [6, 6.07) is 5.96. The lowest BCUT2D eigenvalue weighted by Gasteiger charge is -2.32. The van der Waals surface area contributed by atoms with Crippen molar-refractivity contribution in [3.8, 4) is 0 Å². The first kappa shape index (κ1) is 15.7. The minimum absolute atomic E-state index is 0.00314. The summed E-state index contributed by atoms with van der Waals surface area (Å²) in [5.74, 6) is -0.320. The van der Waals surface area contributed by atoms with Crippen LogP contribution in [0, 0.1) is 12.7 Å². The molecule has 1 atom stereocenters. The normalized spacial score (nSPS) is 18.5. The predicted molar refractivity (Wildman–Crippen MR) is 86.6 cm³/mol. The van der Waals surface area contributed by atoms with Gasteiger partial charge in [0.15, 0.2) is 0 Å². The third-order valence-corrected chi connectivity index (χ3v) is 4.43. The quantitative estimate of drug-likeness (QED) is 0.940. The van der Waals surface area contributed by atoms with Crippen LogP contribution < -0.4 is 10.2 Å². The molecule has 1 saturated heterocycles. The number of nitrogens with one attached hydrogen (secondary N) is 1. The zero-order chi connectivity index (χ0) is 16.4. The molecule has 1 N–H and O–H groups in total. The fraction of sp³-hybridized carbons (Fsp3) is 0.412. The van der Waals surface area contributed by atoms with Gasteiger partial charge in [0.05, 0.1) is 12.2 Å². The van der Waals surface area contributed by atoms with Gasteiger partial charge in [0, 0.05) is 37.1 Å². The SMILES string of the molecule is Cc1c(CN[C@@H]2CCCN(c3cccc(F)c3)C2=O)cnn1C. The number of carbonyl (C=O) groups excluding carboxylic acids is 1. The number of nitrogens with zero attached hydrogens (tertiary/aromatic N) is 3. The number of amides is 1. The number of benzene rings is 1. The molecule has 0 saturated carbocycles. The van der Waals surface area contributed by atoms with Crippen LogP contribution in [0.15, 0.2) is 30.5 Å². The van der Waals surface area contributed by atoms with Gasteiger partial charge in [-0.3, -0.25) is 9.48 Å². The maximum atomic E-state index is 13.4. The van der Waals surface area contributed by atoms with Gasteiger partial charge >= 0.3 is 0 Å². The smallest absolute Gasteiger partial charge is 0.244 e. The number of carbonyl (C=O) groups is 1. The Kier molecular flexibility index (Phi) is 4.43. The van der Waals surface area contributed by atoms with Crippen molar-refractivity contribution in [2.45, 2.75) is 32.4 Å². The Morgan fingerprint density at radius 3 is 2.96 bits per heavy atom. The third kappa shape index (κ3) is 3.27. The average molecular weight is 316 g/mol. The summed E-state index contributed by atoms with van der Waals surface area (Å²) in [5.41, 5.74) is 2.80. The highest BCUT2D eigenvalue weighted by Crippen LogP contribution is 2.22. The highest BCUT2D eigenvalue weighted by molar-refractivity contribution is 5.97. The molecule has 0 unspecified atom stereocenters. The van der Waals surface area contributed by atoms with Crippen molar-refractivity contribution in [2.24, 2.45) is 7.05 Å². The van der Waals surface area contributed by atoms with Crippen molar-refractivity contribution in [1.29, 1.82) is 0 Å². The maximum Gasteiger partial charge on any atom is 0.244 e. The molecule has 1 aliphatic heterocycles. The minimum atomic E-state index is -0.323. The Morgan fingerprint density at radius 2 is 2.26 bits per heavy atom. The van der Waals surface area contributed by atoms with Crippen LogP contribution in [0.25, 0.3) is 0 Å². The van der Waals surface area contributed by atoms with Crippen molar-refractivity contribution in [3.05, 3.63) is 47.5 Å². The second-order valence-corrected chi connectivity index (χ2v) is 5.92. The van der Waals surface area contributed by atoms with E-state index in [9.17, 15) is 9.18 Å². The summed E-state index contributed by atoms with van der Waals surface area (Å²) in [6.07, 6.45) is 3.51. The summed E-state index contributed by atoms with van der Waals surface area (Å²) in [7, 11) is 1.90. The lowest BCUT2D eigenvalue weighted by Crippen LogP contribution is -2.50. The first-order valence-electron chi connectivity index (χ1n) is 7.84. The van der Waals surface area contributed by atoms with Crippen LogP contribution in [0.2, 0.25) is 0 Å². The van der Waals surface area contributed by atoms with E-state index in [4.69, 9.17) is 0 Å². The van der Waals surface area contributed by atoms with E-state index in [0.29, 0.717) is 18.8 Å². The predicted octanol–water partition coefficient (Wildman–Crippen LogP) is 2.15. The molecule has 3 rings (SSSR count). The van der Waals surface area contributed by atoms with E-state index in [1.165, 1.54) is 12.1 Å². The topological polar surface area (TPSA) is 50.2 Å². The van der Waals surface area contributed by atoms with Crippen molar-refractivity contribution >= 4 is 11.6 Å². The van der Waals surface area contributed by atoms with Crippen LogP contribution in [0.3, 0.4) is 0 Å². The first-order chi connectivity index (χ1) is 11.1. The fourth-order valence-electron chi connectivity index (χ4n) is 2.92. The first-order valence-corrected chi connectivity index (χ1v) is 7.84. The molecular formula is C17H21FN4O. The maximum absolute atomic E-state index is 13.4. The van der Waals surface area contributed by atoms with Crippen LogP contribution in [-0.4, -0.2) is 28.3 Å². The van der Waals surface area contributed by atoms with E-state index in [-0.39, 0.29) is 17.8 Å². The fourth-order valence-corrected chi connectivity index (χ4v) is 2.92. The zero-order valence-electron chi connectivity index (χ0n) is 13.4. The molecule has 5 nitrogen and oxygen atoms in total. The van der Waals surface area contributed by atoms with E-state index in [1.807, 2.05) is 24.9 Å². The van der Waals surface area contributed by atoms with Crippen molar-refractivity contribution in [3.63, 3.8) is 0 Å². The number of halogens is 1. The molecule has 6 heteroatoms. The third-order valence-electron chi connectivity index (χ3n) is 4.43. The van der Waals surface area contributed by atoms with Gasteiger partial charge in [-0.15, -0.1) is 0 Å². The van der Waals surface area contributed by atoms with Crippen LogP contribution in [0.5, 0.6) is 0 Å². The number of rotatable bonds is 4. The summed E-state index contributed by atoms with van der Waals surface area (Å²) in [4.78, 5) is 14.3. The van der Waals surface area contributed by atoms with E-state index in [1.54, 1.807) is 17.0 Å². The molecule has 2 heterocycles. The number of aromatic nitrogens is 2. The van der Waals surface area contributed by atoms with Gasteiger partial charge in [0.1, 0.15) is 5.82 Å². The van der Waals surface area contributed by atoms with Crippen LogP contribution in [0.4, 0.5) is 10.1 Å². The number of aryl methyl sites for hydroxylation is 1.